The van der Waals surface area contributed by atoms with Crippen LogP contribution in [0.15, 0.2) is 54.7 Å². The average molecular weight is 335 g/mol. The van der Waals surface area contributed by atoms with Crippen molar-refractivity contribution in [1.29, 1.82) is 0 Å². The maximum atomic E-state index is 12.2. The van der Waals surface area contributed by atoms with E-state index >= 15 is 0 Å². The Morgan fingerprint density at radius 3 is 2.72 bits per heavy atom. The molecule has 2 aromatic carbocycles. The average Bonchev–Trinajstić information content (AvgIpc) is 3.33. The Morgan fingerprint density at radius 1 is 1.08 bits per heavy atom. The number of amides is 1. The molecule has 0 radical (unpaired) electrons. The number of carbonyl (C=O) groups excluding carboxylic acids is 1. The molecule has 0 unspecified atom stereocenters. The van der Waals surface area contributed by atoms with E-state index in [0.717, 1.165) is 34.7 Å². The number of aromatic amines is 1. The molecule has 25 heavy (non-hydrogen) atoms. The molecule has 6 heteroatoms. The molecule has 0 saturated carbocycles. The van der Waals surface area contributed by atoms with Gasteiger partial charge in [0, 0.05) is 18.3 Å². The summed E-state index contributed by atoms with van der Waals surface area (Å²) in [5.41, 5.74) is 3.65. The third-order valence-electron chi connectivity index (χ3n) is 4.10. The number of hydrogen-bond acceptors (Lipinski definition) is 4. The number of carbonyl (C=O) groups is 1. The van der Waals surface area contributed by atoms with Crippen LogP contribution in [-0.4, -0.2) is 29.4 Å². The smallest absolute Gasteiger partial charge is 0.251 e. The van der Waals surface area contributed by atoms with Crippen molar-refractivity contribution in [2.45, 2.75) is 6.42 Å². The second kappa shape index (κ2) is 6.68. The molecule has 0 fully saturated rings. The van der Waals surface area contributed by atoms with Gasteiger partial charge in [-0.05, 0) is 47.9 Å². The number of ether oxygens (including phenoxy) is 2. The van der Waals surface area contributed by atoms with Crippen molar-refractivity contribution in [3.63, 3.8) is 0 Å². The summed E-state index contributed by atoms with van der Waals surface area (Å²) in [6.45, 7) is 0.824. The van der Waals surface area contributed by atoms with Crippen molar-refractivity contribution in [2.24, 2.45) is 0 Å². The van der Waals surface area contributed by atoms with Gasteiger partial charge in [-0.2, -0.15) is 5.10 Å². The van der Waals surface area contributed by atoms with Gasteiger partial charge in [-0.25, -0.2) is 0 Å². The standard InChI is InChI=1S/C19H17N3O3/c23-19(15-4-2-14(3-5-15)16-8-10-21-22-16)20-9-7-13-1-6-17-18(11-13)25-12-24-17/h1-6,8,10-11H,7,9,12H2,(H,20,23)(H,21,22). The lowest BCUT2D eigenvalue weighted by atomic mass is 10.1. The lowest BCUT2D eigenvalue weighted by Crippen LogP contribution is -2.25. The van der Waals surface area contributed by atoms with Crippen LogP contribution in [0.5, 0.6) is 11.5 Å². The van der Waals surface area contributed by atoms with Crippen LogP contribution in [0.3, 0.4) is 0 Å². The van der Waals surface area contributed by atoms with E-state index in [0.29, 0.717) is 12.1 Å². The highest BCUT2D eigenvalue weighted by molar-refractivity contribution is 5.94. The molecule has 2 heterocycles. The highest BCUT2D eigenvalue weighted by Gasteiger charge is 2.13. The van der Waals surface area contributed by atoms with Crippen molar-refractivity contribution >= 4 is 5.91 Å². The van der Waals surface area contributed by atoms with Crippen LogP contribution >= 0.6 is 0 Å². The van der Waals surface area contributed by atoms with Crippen molar-refractivity contribution in [1.82, 2.24) is 15.5 Å². The first-order valence-corrected chi connectivity index (χ1v) is 8.06. The number of hydrogen-bond donors (Lipinski definition) is 2. The van der Waals surface area contributed by atoms with Gasteiger partial charge in [0.25, 0.3) is 5.91 Å². The van der Waals surface area contributed by atoms with E-state index in [4.69, 9.17) is 9.47 Å². The maximum absolute atomic E-state index is 12.2. The van der Waals surface area contributed by atoms with E-state index in [9.17, 15) is 4.79 Å². The molecule has 0 aliphatic carbocycles. The fourth-order valence-electron chi connectivity index (χ4n) is 2.74. The number of rotatable bonds is 5. The molecule has 1 aliphatic rings. The van der Waals surface area contributed by atoms with Crippen molar-refractivity contribution in [2.75, 3.05) is 13.3 Å². The fourth-order valence-corrected chi connectivity index (χ4v) is 2.74. The quantitative estimate of drug-likeness (QED) is 0.752. The molecule has 1 aliphatic heterocycles. The minimum Gasteiger partial charge on any atom is -0.454 e. The van der Waals surface area contributed by atoms with Crippen molar-refractivity contribution < 1.29 is 14.3 Å². The second-order valence-corrected chi connectivity index (χ2v) is 5.74. The Balaban J connectivity index is 1.33. The monoisotopic (exact) mass is 335 g/mol. The lowest BCUT2D eigenvalue weighted by molar-refractivity contribution is 0.0954. The van der Waals surface area contributed by atoms with Gasteiger partial charge >= 0.3 is 0 Å². The van der Waals surface area contributed by atoms with Gasteiger partial charge in [-0.3, -0.25) is 9.89 Å². The van der Waals surface area contributed by atoms with Crippen molar-refractivity contribution in [3.05, 3.63) is 65.9 Å². The molecular formula is C19H17N3O3. The maximum Gasteiger partial charge on any atom is 0.251 e. The summed E-state index contributed by atoms with van der Waals surface area (Å²) < 4.78 is 10.7. The zero-order valence-corrected chi connectivity index (χ0v) is 13.5. The number of H-pyrrole nitrogens is 1. The molecule has 1 amide bonds. The molecule has 6 nitrogen and oxygen atoms in total. The molecule has 126 valence electrons. The molecule has 1 aromatic heterocycles. The summed E-state index contributed by atoms with van der Waals surface area (Å²) in [6.07, 6.45) is 2.43. The van der Waals surface area contributed by atoms with E-state index in [1.807, 2.05) is 48.5 Å². The number of nitrogens with one attached hydrogen (secondary N) is 2. The molecule has 0 atom stereocenters. The van der Waals surface area contributed by atoms with Gasteiger partial charge in [0.2, 0.25) is 6.79 Å². The van der Waals surface area contributed by atoms with E-state index in [1.165, 1.54) is 0 Å². The van der Waals surface area contributed by atoms with E-state index < -0.39 is 0 Å². The topological polar surface area (TPSA) is 76.2 Å². The first-order chi connectivity index (χ1) is 12.3. The molecule has 0 bridgehead atoms. The number of benzene rings is 2. The second-order valence-electron chi connectivity index (χ2n) is 5.74. The first kappa shape index (κ1) is 15.3. The Bertz CT molecular complexity index is 873. The Kier molecular flexibility index (Phi) is 4.08. The summed E-state index contributed by atoms with van der Waals surface area (Å²) >= 11 is 0. The van der Waals surface area contributed by atoms with Crippen LogP contribution in [-0.2, 0) is 6.42 Å². The highest BCUT2D eigenvalue weighted by atomic mass is 16.7. The van der Waals surface area contributed by atoms with Crippen LogP contribution in [0.25, 0.3) is 11.3 Å². The largest absolute Gasteiger partial charge is 0.454 e. The van der Waals surface area contributed by atoms with E-state index in [1.54, 1.807) is 6.20 Å². The Morgan fingerprint density at radius 2 is 1.92 bits per heavy atom. The predicted octanol–water partition coefficient (Wildman–Crippen LogP) is 2.78. The number of nitrogens with zero attached hydrogens (tertiary/aromatic N) is 1. The summed E-state index contributed by atoms with van der Waals surface area (Å²) in [4.78, 5) is 12.2. The summed E-state index contributed by atoms with van der Waals surface area (Å²) in [7, 11) is 0. The van der Waals surface area contributed by atoms with Crippen LogP contribution in [0.4, 0.5) is 0 Å². The molecule has 0 saturated heterocycles. The summed E-state index contributed by atoms with van der Waals surface area (Å²) in [5.74, 6) is 1.44. The van der Waals surface area contributed by atoms with Crippen LogP contribution in [0, 0.1) is 0 Å². The zero-order chi connectivity index (χ0) is 17.1. The molecule has 2 N–H and O–H groups in total. The summed E-state index contributed by atoms with van der Waals surface area (Å²) in [5, 5.41) is 9.77. The predicted molar refractivity (Wildman–Crippen MR) is 92.6 cm³/mol. The number of fused-ring (bicyclic) bond motifs is 1. The van der Waals surface area contributed by atoms with Crippen LogP contribution in [0.2, 0.25) is 0 Å². The van der Waals surface area contributed by atoms with Gasteiger partial charge in [-0.15, -0.1) is 0 Å². The third-order valence-corrected chi connectivity index (χ3v) is 4.10. The normalized spacial score (nSPS) is 12.2. The summed E-state index contributed by atoms with van der Waals surface area (Å²) in [6, 6.07) is 15.2. The van der Waals surface area contributed by atoms with Gasteiger partial charge in [0.05, 0.1) is 5.69 Å². The van der Waals surface area contributed by atoms with Crippen LogP contribution in [0.1, 0.15) is 15.9 Å². The highest BCUT2D eigenvalue weighted by Crippen LogP contribution is 2.32. The SMILES string of the molecule is O=C(NCCc1ccc2c(c1)OCO2)c1ccc(-c2ccn[nH]2)cc1. The molecule has 4 rings (SSSR count). The van der Waals surface area contributed by atoms with Gasteiger partial charge in [0.1, 0.15) is 0 Å². The minimum absolute atomic E-state index is 0.0862. The van der Waals surface area contributed by atoms with Gasteiger partial charge in [-0.1, -0.05) is 18.2 Å². The zero-order valence-electron chi connectivity index (χ0n) is 13.5. The van der Waals surface area contributed by atoms with Crippen molar-refractivity contribution in [3.8, 4) is 22.8 Å². The first-order valence-electron chi connectivity index (χ1n) is 8.06. The Labute approximate surface area is 144 Å². The lowest BCUT2D eigenvalue weighted by Gasteiger charge is -2.07. The van der Waals surface area contributed by atoms with Gasteiger partial charge < -0.3 is 14.8 Å². The Hall–Kier alpha value is -3.28. The van der Waals surface area contributed by atoms with E-state index in [-0.39, 0.29) is 12.7 Å². The van der Waals surface area contributed by atoms with E-state index in [2.05, 4.69) is 15.5 Å². The molecule has 3 aromatic rings. The van der Waals surface area contributed by atoms with Crippen LogP contribution < -0.4 is 14.8 Å². The van der Waals surface area contributed by atoms with Gasteiger partial charge in [0.15, 0.2) is 11.5 Å². The fraction of sp³-hybridized carbons (Fsp3) is 0.158. The number of aromatic nitrogens is 2. The molecular weight excluding hydrogens is 318 g/mol. The minimum atomic E-state index is -0.0862. The third kappa shape index (κ3) is 3.33. The molecule has 0 spiro atoms.